The average molecular weight is 245 g/mol. The van der Waals surface area contributed by atoms with E-state index in [9.17, 15) is 4.79 Å². The van der Waals surface area contributed by atoms with Gasteiger partial charge < -0.3 is 4.52 Å². The summed E-state index contributed by atoms with van der Waals surface area (Å²) in [6, 6.07) is 11.4. The van der Waals surface area contributed by atoms with Crippen LogP contribution in [0.2, 0.25) is 0 Å². The van der Waals surface area contributed by atoms with Crippen LogP contribution in [-0.4, -0.2) is 11.1 Å². The lowest BCUT2D eigenvalue weighted by molar-refractivity contribution is 0.0889. The highest BCUT2D eigenvalue weighted by Crippen LogP contribution is 2.10. The molecule has 18 heavy (non-hydrogen) atoms. The van der Waals surface area contributed by atoms with Crippen molar-refractivity contribution in [3.8, 4) is 0 Å². The number of rotatable bonds is 4. The maximum Gasteiger partial charge on any atom is 0.303 e. The average Bonchev–Trinajstić information content (AvgIpc) is 2.83. The molecule has 0 bridgehead atoms. The number of amides is 1. The van der Waals surface area contributed by atoms with Crippen molar-refractivity contribution in [2.45, 2.75) is 19.9 Å². The monoisotopic (exact) mass is 245 g/mol. The topological polar surface area (TPSA) is 67.2 Å². The molecule has 0 saturated heterocycles. The molecule has 1 unspecified atom stereocenters. The van der Waals surface area contributed by atoms with Gasteiger partial charge in [-0.3, -0.25) is 10.2 Å². The van der Waals surface area contributed by atoms with E-state index in [1.54, 1.807) is 13.0 Å². The van der Waals surface area contributed by atoms with Crippen molar-refractivity contribution in [1.29, 1.82) is 0 Å². The first-order valence-corrected chi connectivity index (χ1v) is 5.71. The van der Waals surface area contributed by atoms with E-state index >= 15 is 0 Å². The summed E-state index contributed by atoms with van der Waals surface area (Å²) in [6.07, 6.45) is 0. The molecule has 0 aliphatic rings. The Labute approximate surface area is 105 Å². The van der Waals surface area contributed by atoms with Gasteiger partial charge in [-0.1, -0.05) is 35.5 Å². The van der Waals surface area contributed by atoms with Gasteiger partial charge >= 0.3 is 5.91 Å². The largest absolute Gasteiger partial charge is 0.351 e. The Balaban J connectivity index is 1.90. The van der Waals surface area contributed by atoms with Crippen LogP contribution >= 0.6 is 0 Å². The molecule has 0 aliphatic carbocycles. The number of carbonyl (C=O) groups is 1. The third-order valence-electron chi connectivity index (χ3n) is 2.55. The van der Waals surface area contributed by atoms with E-state index in [1.165, 1.54) is 0 Å². The quantitative estimate of drug-likeness (QED) is 0.808. The molecule has 0 aliphatic heterocycles. The van der Waals surface area contributed by atoms with Gasteiger partial charge in [0.25, 0.3) is 0 Å². The lowest BCUT2D eigenvalue weighted by Gasteiger charge is -2.14. The normalized spacial score (nSPS) is 12.1. The Kier molecular flexibility index (Phi) is 3.74. The molecule has 94 valence electrons. The number of benzene rings is 1. The van der Waals surface area contributed by atoms with Gasteiger partial charge in [0.2, 0.25) is 5.76 Å². The number of aromatic nitrogens is 1. The van der Waals surface area contributed by atoms with Gasteiger partial charge in [0.15, 0.2) is 0 Å². The maximum absolute atomic E-state index is 11.7. The smallest absolute Gasteiger partial charge is 0.303 e. The molecular formula is C13H15N3O2. The molecular weight excluding hydrogens is 230 g/mol. The Hall–Kier alpha value is -2.14. The highest BCUT2D eigenvalue weighted by atomic mass is 16.5. The number of nitrogens with one attached hydrogen (secondary N) is 2. The molecule has 1 aromatic carbocycles. The van der Waals surface area contributed by atoms with E-state index in [0.29, 0.717) is 5.69 Å². The molecule has 1 heterocycles. The second-order valence-corrected chi connectivity index (χ2v) is 4.06. The number of carbonyl (C=O) groups excluding carboxylic acids is 1. The molecule has 0 saturated carbocycles. The van der Waals surface area contributed by atoms with E-state index < -0.39 is 0 Å². The predicted molar refractivity (Wildman–Crippen MR) is 66.7 cm³/mol. The van der Waals surface area contributed by atoms with Gasteiger partial charge in [-0.05, 0) is 19.4 Å². The van der Waals surface area contributed by atoms with Crippen molar-refractivity contribution in [1.82, 2.24) is 16.0 Å². The summed E-state index contributed by atoms with van der Waals surface area (Å²) in [5.41, 5.74) is 7.27. The van der Waals surface area contributed by atoms with Crippen LogP contribution in [0.5, 0.6) is 0 Å². The van der Waals surface area contributed by atoms with Crippen LogP contribution < -0.4 is 10.9 Å². The Morgan fingerprint density at radius 2 is 2.06 bits per heavy atom. The number of aryl methyl sites for hydroxylation is 1. The van der Waals surface area contributed by atoms with Crippen molar-refractivity contribution in [3.05, 3.63) is 53.4 Å². The van der Waals surface area contributed by atoms with Crippen molar-refractivity contribution in [2.75, 3.05) is 0 Å². The van der Waals surface area contributed by atoms with Crippen LogP contribution in [0.25, 0.3) is 0 Å². The molecule has 1 atom stereocenters. The fourth-order valence-corrected chi connectivity index (χ4v) is 1.53. The summed E-state index contributed by atoms with van der Waals surface area (Å²) in [4.78, 5) is 11.7. The van der Waals surface area contributed by atoms with Crippen LogP contribution in [0.3, 0.4) is 0 Å². The Morgan fingerprint density at radius 3 is 2.67 bits per heavy atom. The molecule has 1 amide bonds. The number of nitrogens with zero attached hydrogens (tertiary/aromatic N) is 1. The van der Waals surface area contributed by atoms with Crippen LogP contribution in [0.15, 0.2) is 40.9 Å². The summed E-state index contributed by atoms with van der Waals surface area (Å²) < 4.78 is 4.86. The molecule has 0 radical (unpaired) electrons. The zero-order valence-corrected chi connectivity index (χ0v) is 10.3. The SMILES string of the molecule is Cc1cc(C(=O)NNC(C)c2ccccc2)on1. The molecule has 5 heteroatoms. The summed E-state index contributed by atoms with van der Waals surface area (Å²) in [5, 5.41) is 3.66. The minimum Gasteiger partial charge on any atom is -0.351 e. The second-order valence-electron chi connectivity index (χ2n) is 4.06. The van der Waals surface area contributed by atoms with Crippen LogP contribution in [0, 0.1) is 6.92 Å². The highest BCUT2D eigenvalue weighted by molar-refractivity contribution is 5.90. The van der Waals surface area contributed by atoms with Crippen LogP contribution in [0.1, 0.15) is 34.8 Å². The molecule has 1 aromatic heterocycles. The standard InChI is InChI=1S/C13H15N3O2/c1-9-8-12(18-16-9)13(17)15-14-10(2)11-6-4-3-5-7-11/h3-8,10,14H,1-2H3,(H,15,17). The van der Waals surface area contributed by atoms with Gasteiger partial charge in [-0.2, -0.15) is 0 Å². The Bertz CT molecular complexity index is 522. The minimum absolute atomic E-state index is 0.0131. The zero-order valence-electron chi connectivity index (χ0n) is 10.3. The number of hydrazine groups is 1. The van der Waals surface area contributed by atoms with Gasteiger partial charge in [-0.25, -0.2) is 5.43 Å². The molecule has 0 spiro atoms. The van der Waals surface area contributed by atoms with Crippen LogP contribution in [-0.2, 0) is 0 Å². The first-order chi connectivity index (χ1) is 8.66. The Morgan fingerprint density at radius 1 is 1.33 bits per heavy atom. The van der Waals surface area contributed by atoms with E-state index in [1.807, 2.05) is 37.3 Å². The molecule has 2 rings (SSSR count). The van der Waals surface area contributed by atoms with Gasteiger partial charge in [-0.15, -0.1) is 0 Å². The lowest BCUT2D eigenvalue weighted by atomic mass is 10.1. The highest BCUT2D eigenvalue weighted by Gasteiger charge is 2.12. The van der Waals surface area contributed by atoms with Gasteiger partial charge in [0.1, 0.15) is 0 Å². The fraction of sp³-hybridized carbons (Fsp3) is 0.231. The molecule has 2 aromatic rings. The first-order valence-electron chi connectivity index (χ1n) is 5.71. The van der Waals surface area contributed by atoms with E-state index in [0.717, 1.165) is 5.56 Å². The summed E-state index contributed by atoms with van der Waals surface area (Å²) in [7, 11) is 0. The van der Waals surface area contributed by atoms with Crippen molar-refractivity contribution >= 4 is 5.91 Å². The van der Waals surface area contributed by atoms with Crippen LogP contribution in [0.4, 0.5) is 0 Å². The zero-order chi connectivity index (χ0) is 13.0. The first kappa shape index (κ1) is 12.3. The van der Waals surface area contributed by atoms with E-state index in [-0.39, 0.29) is 17.7 Å². The molecule has 0 fully saturated rings. The van der Waals surface area contributed by atoms with E-state index in [2.05, 4.69) is 16.0 Å². The third-order valence-corrected chi connectivity index (χ3v) is 2.55. The van der Waals surface area contributed by atoms with Gasteiger partial charge in [0.05, 0.1) is 5.69 Å². The fourth-order valence-electron chi connectivity index (χ4n) is 1.53. The summed E-state index contributed by atoms with van der Waals surface area (Å²) in [5.74, 6) is -0.140. The third kappa shape index (κ3) is 2.95. The molecule has 2 N–H and O–H groups in total. The summed E-state index contributed by atoms with van der Waals surface area (Å²) >= 11 is 0. The maximum atomic E-state index is 11.7. The van der Waals surface area contributed by atoms with E-state index in [4.69, 9.17) is 4.52 Å². The summed E-state index contributed by atoms with van der Waals surface area (Å²) in [6.45, 7) is 3.72. The van der Waals surface area contributed by atoms with Crippen molar-refractivity contribution in [3.63, 3.8) is 0 Å². The number of hydrogen-bond acceptors (Lipinski definition) is 4. The predicted octanol–water partition coefficient (Wildman–Crippen LogP) is 1.98. The molecule has 5 nitrogen and oxygen atoms in total. The minimum atomic E-state index is -0.335. The lowest BCUT2D eigenvalue weighted by Crippen LogP contribution is -2.38. The van der Waals surface area contributed by atoms with Crippen molar-refractivity contribution < 1.29 is 9.32 Å². The number of hydrogen-bond donors (Lipinski definition) is 2. The van der Waals surface area contributed by atoms with Gasteiger partial charge in [0, 0.05) is 12.1 Å². The van der Waals surface area contributed by atoms with Crippen molar-refractivity contribution in [2.24, 2.45) is 0 Å². The second kappa shape index (κ2) is 5.46.